The van der Waals surface area contributed by atoms with Crippen molar-refractivity contribution in [3.63, 3.8) is 0 Å². The lowest BCUT2D eigenvalue weighted by atomic mass is 9.93. The summed E-state index contributed by atoms with van der Waals surface area (Å²) in [6, 6.07) is 19.9. The molecule has 18 heavy (non-hydrogen) atoms. The lowest BCUT2D eigenvalue weighted by Crippen LogP contribution is -2.02. The highest BCUT2D eigenvalue weighted by Gasteiger charge is 2.15. The van der Waals surface area contributed by atoms with Crippen molar-refractivity contribution in [1.29, 1.82) is 0 Å². The molecule has 0 heterocycles. The average molecular weight is 295 g/mol. The van der Waals surface area contributed by atoms with Crippen molar-refractivity contribution in [2.75, 3.05) is 0 Å². The molecule has 0 aliphatic heterocycles. The minimum atomic E-state index is -1.57. The first-order chi connectivity index (χ1) is 8.68. The van der Waals surface area contributed by atoms with E-state index in [0.717, 1.165) is 6.04 Å². The van der Waals surface area contributed by atoms with Crippen LogP contribution in [-0.2, 0) is 0 Å². The predicted molar refractivity (Wildman–Crippen MR) is 84.0 cm³/mol. The fourth-order valence-corrected chi connectivity index (χ4v) is 4.59. The zero-order valence-corrected chi connectivity index (χ0v) is 13.0. The zero-order chi connectivity index (χ0) is 13.0. The normalized spacial score (nSPS) is 12.7. The van der Waals surface area contributed by atoms with Crippen molar-refractivity contribution < 1.29 is 0 Å². The Balaban J connectivity index is 2.37. The van der Waals surface area contributed by atoms with Gasteiger partial charge in [0.2, 0.25) is 7.42 Å². The summed E-state index contributed by atoms with van der Waals surface area (Å²) in [4.78, 5) is 0. The summed E-state index contributed by atoms with van der Waals surface area (Å²) in [5, 5.41) is 0. The summed E-state index contributed by atoms with van der Waals surface area (Å²) in [5.74, 6) is 0.410. The van der Waals surface area contributed by atoms with Crippen LogP contribution in [0.4, 0.5) is 0 Å². The highest BCUT2D eigenvalue weighted by Crippen LogP contribution is 2.32. The Morgan fingerprint density at radius 2 is 1.56 bits per heavy atom. The molecule has 2 rings (SSSR count). The van der Waals surface area contributed by atoms with Gasteiger partial charge >= 0.3 is 0 Å². The molecule has 0 spiro atoms. The van der Waals surface area contributed by atoms with Crippen LogP contribution in [0.1, 0.15) is 18.4 Å². The van der Waals surface area contributed by atoms with Gasteiger partial charge in [-0.2, -0.15) is 22.2 Å². The van der Waals surface area contributed by atoms with Gasteiger partial charge in [0, 0.05) is 0 Å². The van der Waals surface area contributed by atoms with Crippen LogP contribution < -0.4 is 0 Å². The fraction of sp³-hybridized carbons (Fsp3) is 0.200. The SMILES string of the molecule is CC(C[SiH](Cl)Cl)c1ccccc1-c1ccccc1. The minimum absolute atomic E-state index is 0.410. The number of benzene rings is 2. The van der Waals surface area contributed by atoms with Crippen LogP contribution in [0.3, 0.4) is 0 Å². The molecule has 1 atom stereocenters. The second-order valence-electron chi connectivity index (χ2n) is 4.48. The monoisotopic (exact) mass is 294 g/mol. The predicted octanol–water partition coefficient (Wildman–Crippen LogP) is 5.16. The number of hydrogen-bond donors (Lipinski definition) is 0. The number of rotatable bonds is 4. The molecular weight excluding hydrogens is 279 g/mol. The van der Waals surface area contributed by atoms with Gasteiger partial charge in [0.1, 0.15) is 0 Å². The van der Waals surface area contributed by atoms with Gasteiger partial charge in [-0.3, -0.25) is 0 Å². The van der Waals surface area contributed by atoms with Crippen LogP contribution in [0.15, 0.2) is 54.6 Å². The average Bonchev–Trinajstić information content (AvgIpc) is 2.39. The van der Waals surface area contributed by atoms with E-state index in [1.807, 2.05) is 6.07 Å². The van der Waals surface area contributed by atoms with Crippen molar-refractivity contribution in [2.24, 2.45) is 0 Å². The quantitative estimate of drug-likeness (QED) is 0.540. The molecule has 2 aromatic carbocycles. The van der Waals surface area contributed by atoms with Crippen molar-refractivity contribution in [2.45, 2.75) is 18.9 Å². The van der Waals surface area contributed by atoms with Gasteiger partial charge in [-0.15, -0.1) is 0 Å². The Morgan fingerprint density at radius 1 is 0.944 bits per heavy atom. The minimum Gasteiger partial charge on any atom is -0.150 e. The molecular formula is C15H16Cl2Si. The maximum absolute atomic E-state index is 6.03. The second-order valence-corrected chi connectivity index (χ2v) is 9.57. The first-order valence-corrected chi connectivity index (χ1v) is 10.4. The molecule has 0 aliphatic rings. The van der Waals surface area contributed by atoms with E-state index in [-0.39, 0.29) is 0 Å². The smallest absolute Gasteiger partial charge is 0.150 e. The van der Waals surface area contributed by atoms with Crippen molar-refractivity contribution >= 4 is 29.6 Å². The molecule has 94 valence electrons. The summed E-state index contributed by atoms with van der Waals surface area (Å²) in [7, 11) is -1.57. The molecule has 0 aromatic heterocycles. The van der Waals surface area contributed by atoms with Gasteiger partial charge in [-0.05, 0) is 28.7 Å². The standard InChI is InChI=1S/C15H16Cl2Si/c1-12(11-18(16)17)14-9-5-6-10-15(14)13-7-3-2-4-8-13/h2-10,12,18H,11H2,1H3. The molecule has 0 saturated carbocycles. The topological polar surface area (TPSA) is 0 Å². The van der Waals surface area contributed by atoms with Gasteiger partial charge in [0.25, 0.3) is 0 Å². The van der Waals surface area contributed by atoms with Gasteiger partial charge in [0.05, 0.1) is 0 Å². The third-order valence-electron chi connectivity index (χ3n) is 3.11. The highest BCUT2D eigenvalue weighted by atomic mass is 35.7. The molecule has 0 radical (unpaired) electrons. The van der Waals surface area contributed by atoms with E-state index in [9.17, 15) is 0 Å². The van der Waals surface area contributed by atoms with Crippen LogP contribution in [0, 0.1) is 0 Å². The van der Waals surface area contributed by atoms with E-state index >= 15 is 0 Å². The third kappa shape index (κ3) is 3.38. The van der Waals surface area contributed by atoms with E-state index in [0.29, 0.717) is 5.92 Å². The summed E-state index contributed by atoms with van der Waals surface area (Å²) in [6.07, 6.45) is 0. The van der Waals surface area contributed by atoms with Gasteiger partial charge < -0.3 is 0 Å². The molecule has 0 nitrogen and oxygen atoms in total. The molecule has 0 bridgehead atoms. The van der Waals surface area contributed by atoms with E-state index in [2.05, 4.69) is 55.5 Å². The van der Waals surface area contributed by atoms with Crippen molar-refractivity contribution in [1.82, 2.24) is 0 Å². The first kappa shape index (κ1) is 13.7. The lowest BCUT2D eigenvalue weighted by Gasteiger charge is -2.16. The van der Waals surface area contributed by atoms with Crippen LogP contribution >= 0.6 is 22.2 Å². The largest absolute Gasteiger partial charge is 0.237 e. The molecule has 0 N–H and O–H groups in total. The van der Waals surface area contributed by atoms with Gasteiger partial charge in [-0.1, -0.05) is 61.5 Å². The van der Waals surface area contributed by atoms with E-state index in [1.54, 1.807) is 0 Å². The second kappa shape index (κ2) is 6.42. The zero-order valence-electron chi connectivity index (χ0n) is 10.3. The number of halogens is 2. The maximum atomic E-state index is 6.03. The van der Waals surface area contributed by atoms with E-state index in [1.165, 1.54) is 16.7 Å². The first-order valence-electron chi connectivity index (χ1n) is 6.11. The summed E-state index contributed by atoms with van der Waals surface area (Å²) in [5.41, 5.74) is 3.87. The van der Waals surface area contributed by atoms with Crippen LogP contribution in [-0.4, -0.2) is 7.42 Å². The van der Waals surface area contributed by atoms with Gasteiger partial charge in [-0.25, -0.2) is 0 Å². The molecule has 2 aromatic rings. The van der Waals surface area contributed by atoms with Crippen LogP contribution in [0.5, 0.6) is 0 Å². The third-order valence-corrected chi connectivity index (χ3v) is 5.24. The summed E-state index contributed by atoms with van der Waals surface area (Å²) in [6.45, 7) is 2.20. The maximum Gasteiger partial charge on any atom is 0.237 e. The Bertz CT molecular complexity index is 497. The van der Waals surface area contributed by atoms with Crippen molar-refractivity contribution in [3.05, 3.63) is 60.2 Å². The molecule has 3 heteroatoms. The Kier molecular flexibility index (Phi) is 4.87. The summed E-state index contributed by atoms with van der Waals surface area (Å²) < 4.78 is 0. The molecule has 0 saturated heterocycles. The van der Waals surface area contributed by atoms with E-state index < -0.39 is 7.42 Å². The Labute approximate surface area is 120 Å². The lowest BCUT2D eigenvalue weighted by molar-refractivity contribution is 0.863. The molecule has 0 fully saturated rings. The molecule has 0 amide bonds. The van der Waals surface area contributed by atoms with E-state index in [4.69, 9.17) is 22.2 Å². The summed E-state index contributed by atoms with van der Waals surface area (Å²) >= 11 is 12.1. The van der Waals surface area contributed by atoms with Crippen LogP contribution in [0.2, 0.25) is 6.04 Å². The molecule has 1 unspecified atom stereocenters. The Hall–Kier alpha value is -0.763. The van der Waals surface area contributed by atoms with Crippen molar-refractivity contribution in [3.8, 4) is 11.1 Å². The fourth-order valence-electron chi connectivity index (χ4n) is 2.20. The Morgan fingerprint density at radius 3 is 2.22 bits per heavy atom. The van der Waals surface area contributed by atoms with Crippen LogP contribution in [0.25, 0.3) is 11.1 Å². The number of hydrogen-bond acceptors (Lipinski definition) is 0. The highest BCUT2D eigenvalue weighted by molar-refractivity contribution is 7.33. The molecule has 0 aliphatic carbocycles. The van der Waals surface area contributed by atoms with Gasteiger partial charge in [0.15, 0.2) is 0 Å².